The molecule has 0 unspecified atom stereocenters. The maximum Gasteiger partial charge on any atom is 1.00 e. The van der Waals surface area contributed by atoms with Crippen molar-refractivity contribution in [1.29, 1.82) is 0 Å². The summed E-state index contributed by atoms with van der Waals surface area (Å²) in [6.07, 6.45) is -17.1. The fourth-order valence-corrected chi connectivity index (χ4v) is 17.9. The van der Waals surface area contributed by atoms with Crippen LogP contribution in [0.15, 0.2) is 296 Å². The summed E-state index contributed by atoms with van der Waals surface area (Å²) in [5, 5.41) is 65.9. The quantitative estimate of drug-likeness (QED) is 0.0161. The van der Waals surface area contributed by atoms with Gasteiger partial charge in [0.15, 0.2) is 5.13 Å². The number of azo groups is 7. The van der Waals surface area contributed by atoms with E-state index in [9.17, 15) is 83.4 Å². The molecule has 8 aromatic heterocycles. The van der Waals surface area contributed by atoms with Gasteiger partial charge in [-0.15, -0.1) is 71.6 Å². The number of nitrogen functional groups attached to an aromatic ring is 2. The SMILES string of the molecule is CC(=O)Cc1ccc(N=Nc2nc3sc(N=Nc4ccc(C(F)(F)F)cc4)cc3s2)cc1.Nc1ccc(N=Nc2nc3sc(N=Nc4ccc(C(F)(F)F)cc4)cc3s2)cc1.Nc1nc2sc(N=Nc3ccc(C(F)(F)F)cc3)cc2s1.O=S(=O)([O-])CNc1ccc(N=Nc2nc3sc(N=Nc4ccc(C(F)(F)F)cc4)cc3s2)cc1.O=S(=O)([O-])CNc1ccccc1.[Na+].[Na+]. The average Bonchev–Trinajstić information content (AvgIpc) is 1.68. The third-order valence-electron chi connectivity index (χ3n) is 15.7. The molecule has 0 amide bonds. The van der Waals surface area contributed by atoms with E-state index in [1.807, 2.05) is 12.1 Å². The van der Waals surface area contributed by atoms with E-state index in [4.69, 9.17) is 11.5 Å². The molecule has 8 heterocycles. The van der Waals surface area contributed by atoms with Crippen LogP contribution in [0.25, 0.3) is 38.1 Å². The molecule has 130 heavy (non-hydrogen) atoms. The van der Waals surface area contributed by atoms with Gasteiger partial charge in [-0.2, -0.15) is 52.7 Å². The number of aromatic nitrogens is 4. The number of nitrogens with one attached hydrogen (secondary N) is 2. The molecule has 0 bridgehead atoms. The summed E-state index contributed by atoms with van der Waals surface area (Å²) < 4.78 is 217. The van der Waals surface area contributed by atoms with Gasteiger partial charge in [0.25, 0.3) is 0 Å². The second-order valence-corrected chi connectivity index (χ2v) is 36.4. The third-order valence-corrected chi connectivity index (χ3v) is 24.4. The molecular formula is C77H52F12N22Na2O7S10. The molecule has 0 aliphatic rings. The van der Waals surface area contributed by atoms with Crippen LogP contribution in [0.4, 0.5) is 150 Å². The smallest absolute Gasteiger partial charge is 0.747 e. The molecule has 0 fully saturated rings. The molecule has 16 rings (SSSR count). The van der Waals surface area contributed by atoms with E-state index in [1.54, 1.807) is 122 Å². The van der Waals surface area contributed by atoms with Crippen molar-refractivity contribution >= 4 is 252 Å². The molecule has 0 radical (unpaired) electrons. The van der Waals surface area contributed by atoms with Gasteiger partial charge in [0.05, 0.1) is 80.9 Å². The van der Waals surface area contributed by atoms with Crippen molar-refractivity contribution < 1.29 is 143 Å². The van der Waals surface area contributed by atoms with E-state index in [-0.39, 0.29) is 64.9 Å². The molecule has 0 saturated heterocycles. The predicted molar refractivity (Wildman–Crippen MR) is 470 cm³/mol. The summed E-state index contributed by atoms with van der Waals surface area (Å²) in [5.41, 5.74) is 14.1. The number of thiophene rings is 4. The van der Waals surface area contributed by atoms with E-state index < -0.39 is 78.9 Å². The molecule has 16 aromatic rings. The molecule has 0 spiro atoms. The molecule has 0 aliphatic heterocycles. The fourth-order valence-electron chi connectivity index (χ4n) is 9.85. The number of halogens is 12. The zero-order valence-corrected chi connectivity index (χ0v) is 78.3. The third kappa shape index (κ3) is 32.0. The Morgan fingerprint density at radius 1 is 0.338 bits per heavy atom. The number of para-hydroxylation sites is 1. The number of alkyl halides is 12. The van der Waals surface area contributed by atoms with Gasteiger partial charge >= 0.3 is 83.8 Å². The topological polar surface area (TPSA) is 432 Å². The van der Waals surface area contributed by atoms with Crippen molar-refractivity contribution in [3.63, 3.8) is 0 Å². The molecule has 0 saturated carbocycles. The van der Waals surface area contributed by atoms with Crippen LogP contribution in [-0.4, -0.2) is 63.4 Å². The minimum atomic E-state index is -4.40. The molecular weight excluding hydrogens is 1940 g/mol. The largest absolute Gasteiger partial charge is 1.00 e. The van der Waals surface area contributed by atoms with Gasteiger partial charge in [0, 0.05) is 23.5 Å². The van der Waals surface area contributed by atoms with Gasteiger partial charge in [0.1, 0.15) is 77.1 Å². The zero-order chi connectivity index (χ0) is 91.6. The number of rotatable bonds is 22. The van der Waals surface area contributed by atoms with Crippen molar-refractivity contribution in [3.05, 3.63) is 252 Å². The maximum atomic E-state index is 12.6. The Morgan fingerprint density at radius 2 is 0.592 bits per heavy atom. The first-order valence-electron chi connectivity index (χ1n) is 35.6. The number of carbonyl (C=O) groups excluding carboxylic acids is 1. The molecule has 0 aliphatic carbocycles. The Labute approximate surface area is 802 Å². The van der Waals surface area contributed by atoms with Crippen molar-refractivity contribution in [1.82, 2.24) is 19.9 Å². The summed E-state index contributed by atoms with van der Waals surface area (Å²) in [6, 6.07) is 54.2. The summed E-state index contributed by atoms with van der Waals surface area (Å²) in [5.74, 6) is -1.19. The number of nitrogens with zero attached hydrogens (tertiary/aromatic N) is 18. The van der Waals surface area contributed by atoms with Crippen LogP contribution >= 0.6 is 90.7 Å². The number of hydrogen-bond donors (Lipinski definition) is 4. The van der Waals surface area contributed by atoms with Gasteiger partial charge in [-0.25, -0.2) is 36.8 Å². The minimum Gasteiger partial charge on any atom is -0.747 e. The summed E-state index contributed by atoms with van der Waals surface area (Å²) in [4.78, 5) is 31.3. The monoisotopic (exact) mass is 1990 g/mol. The normalized spacial score (nSPS) is 12.2. The Morgan fingerprint density at radius 3 is 0.862 bits per heavy atom. The second-order valence-electron chi connectivity index (χ2n) is 25.4. The molecule has 8 aromatic carbocycles. The van der Waals surface area contributed by atoms with Crippen LogP contribution in [-0.2, 0) is 56.2 Å². The number of benzene rings is 8. The number of thiazole rings is 4. The number of anilines is 4. The summed E-state index contributed by atoms with van der Waals surface area (Å²) in [7, 11) is -8.56. The molecule has 658 valence electrons. The van der Waals surface area contributed by atoms with Crippen LogP contribution in [0.2, 0.25) is 0 Å². The van der Waals surface area contributed by atoms with Gasteiger partial charge in [-0.3, -0.25) is 4.79 Å². The summed E-state index contributed by atoms with van der Waals surface area (Å²) in [6.45, 7) is 1.54. The van der Waals surface area contributed by atoms with Crippen LogP contribution in [0.5, 0.6) is 0 Å². The molecule has 0 atom stereocenters. The Hall–Kier alpha value is -10.8. The van der Waals surface area contributed by atoms with E-state index in [2.05, 4.69) is 102 Å². The summed E-state index contributed by atoms with van der Waals surface area (Å²) >= 11 is 10.5. The van der Waals surface area contributed by atoms with Crippen molar-refractivity contribution in [2.75, 3.05) is 33.9 Å². The van der Waals surface area contributed by atoms with Gasteiger partial charge < -0.3 is 31.2 Å². The van der Waals surface area contributed by atoms with Crippen molar-refractivity contribution in [2.45, 2.75) is 38.0 Å². The number of nitrogens with two attached hydrogens (primary N) is 2. The van der Waals surface area contributed by atoms with Crippen molar-refractivity contribution in [2.24, 2.45) is 71.6 Å². The van der Waals surface area contributed by atoms with Crippen molar-refractivity contribution in [3.8, 4) is 0 Å². The number of Topliss-reactive ketones (excluding diaryl/α,β-unsaturated/α-hetero) is 1. The Bertz CT molecular complexity index is 6850. The van der Waals surface area contributed by atoms with E-state index >= 15 is 0 Å². The first-order valence-corrected chi connectivity index (χ1v) is 45.3. The average molecular weight is 1990 g/mol. The number of hydrogen-bond acceptors (Lipinski definition) is 37. The molecule has 29 nitrogen and oxygen atoms in total. The fraction of sp³-hybridized carbons (Fsp3) is 0.104. The van der Waals surface area contributed by atoms with Gasteiger partial charge in [-0.05, 0) is 207 Å². The van der Waals surface area contributed by atoms with Gasteiger partial charge in [-0.1, -0.05) is 121 Å². The number of carbonyl (C=O) groups is 1. The Kier molecular flexibility index (Phi) is 35.3. The van der Waals surface area contributed by atoms with Crippen LogP contribution in [0.3, 0.4) is 0 Å². The number of fused-ring (bicyclic) bond motifs is 4. The van der Waals surface area contributed by atoms with Crippen LogP contribution < -0.4 is 81.2 Å². The Balaban J connectivity index is 0.000000173. The first-order chi connectivity index (χ1) is 60.7. The standard InChI is InChI=1S/C21H14F3N5OS2.C19H13F3N6O3S3.C18H11F3N6S2.C12H7F3N4S2.C7H9NO3S.2Na/c1-12(30)10-13-2-6-15(7-3-13)27-29-20-25-19-17(31-20)11-18(32-19)28-26-16-8-4-14(5-9-16)21(22,23)24;20-19(21,22)11-1-3-13(4-2-11)25-27-16-9-15-17(33-16)24-18(32-15)28-26-14-7-5-12(6-8-14)23-10-34(29,30)31;19-18(20,21)10-1-5-12(6-2-10)24-26-15-9-14-16(29-15)23-17(28-14)27-25-13-7-3-11(22)4-8-13;13-12(14,15)6-1-3-7(4-2-6)18-19-9-5-8-10(21-9)17-11(16)20-8;9-12(10,11)6-8-7-4-2-1-3-5-7;;/h2-9,11H,10H2,1H3;1-9,23H,10H2,(H,29,30,31);1-9H,22H2;1-5H,(H2,16,17);1-5,8H,6H2,(H,9,10,11);;/q;;;;;2*+1/p-2. The predicted octanol–water partition coefficient (Wildman–Crippen LogP) is 23.2. The van der Waals surface area contributed by atoms with Crippen LogP contribution in [0, 0.1) is 0 Å². The number of ketones is 1. The van der Waals surface area contributed by atoms with E-state index in [0.717, 1.165) is 87.4 Å². The van der Waals surface area contributed by atoms with E-state index in [0.29, 0.717) is 109 Å². The maximum absolute atomic E-state index is 12.6. The minimum absolute atomic E-state index is 0. The van der Waals surface area contributed by atoms with Crippen LogP contribution in [0.1, 0.15) is 34.7 Å². The molecule has 6 N–H and O–H groups in total. The zero-order valence-electron chi connectivity index (χ0n) is 66.2. The van der Waals surface area contributed by atoms with Gasteiger partial charge in [0.2, 0.25) is 15.4 Å². The van der Waals surface area contributed by atoms with E-state index in [1.165, 1.54) is 139 Å². The second kappa shape index (κ2) is 45.3. The first kappa shape index (κ1) is 101. The molecule has 53 heteroatoms.